The summed E-state index contributed by atoms with van der Waals surface area (Å²) >= 11 is 0. The highest BCUT2D eigenvalue weighted by atomic mass is 14.5. The van der Waals surface area contributed by atoms with Crippen molar-refractivity contribution in [2.75, 3.05) is 0 Å². The summed E-state index contributed by atoms with van der Waals surface area (Å²) < 4.78 is 0. The Morgan fingerprint density at radius 2 is 1.71 bits per heavy atom. The molecule has 0 bridgehead atoms. The standard InChI is InChI=1S/C14H26/c1-5-6-12-7-10(3)13-8-9(2)11(4)14(12)13/h9-14H,5-8H2,1-4H3. The Morgan fingerprint density at radius 3 is 2.36 bits per heavy atom. The molecule has 82 valence electrons. The highest BCUT2D eigenvalue weighted by molar-refractivity contribution is 4.98. The Kier molecular flexibility index (Phi) is 2.91. The first-order valence-corrected chi connectivity index (χ1v) is 6.65. The Bertz CT molecular complexity index is 196. The van der Waals surface area contributed by atoms with E-state index in [9.17, 15) is 0 Å². The minimum Gasteiger partial charge on any atom is -0.0654 e. The number of hydrogen-bond donors (Lipinski definition) is 0. The summed E-state index contributed by atoms with van der Waals surface area (Å²) in [5, 5.41) is 0. The summed E-state index contributed by atoms with van der Waals surface area (Å²) in [6.45, 7) is 9.83. The second kappa shape index (κ2) is 3.87. The van der Waals surface area contributed by atoms with E-state index < -0.39 is 0 Å². The first-order valence-electron chi connectivity index (χ1n) is 6.65. The molecule has 14 heavy (non-hydrogen) atoms. The summed E-state index contributed by atoms with van der Waals surface area (Å²) in [6, 6.07) is 0. The molecule has 0 aromatic heterocycles. The molecule has 6 unspecified atom stereocenters. The van der Waals surface area contributed by atoms with Crippen molar-refractivity contribution in [2.24, 2.45) is 35.5 Å². The monoisotopic (exact) mass is 194 g/mol. The topological polar surface area (TPSA) is 0 Å². The van der Waals surface area contributed by atoms with Gasteiger partial charge in [0.2, 0.25) is 0 Å². The van der Waals surface area contributed by atoms with Crippen LogP contribution in [0.4, 0.5) is 0 Å². The number of rotatable bonds is 2. The molecule has 2 aliphatic carbocycles. The lowest BCUT2D eigenvalue weighted by atomic mass is 9.81. The van der Waals surface area contributed by atoms with Gasteiger partial charge in [-0.05, 0) is 48.3 Å². The molecule has 0 amide bonds. The third-order valence-electron chi connectivity index (χ3n) is 5.25. The van der Waals surface area contributed by atoms with E-state index in [1.165, 1.54) is 25.7 Å². The SMILES string of the molecule is CCCC1CC(C)C2CC(C)C(C)C12. The maximum absolute atomic E-state index is 2.51. The molecule has 0 N–H and O–H groups in total. The van der Waals surface area contributed by atoms with E-state index in [1.54, 1.807) is 0 Å². The Hall–Kier alpha value is 0. The van der Waals surface area contributed by atoms with Gasteiger partial charge in [0, 0.05) is 0 Å². The van der Waals surface area contributed by atoms with Gasteiger partial charge in [0.05, 0.1) is 0 Å². The highest BCUT2D eigenvalue weighted by Crippen LogP contribution is 2.56. The van der Waals surface area contributed by atoms with Gasteiger partial charge < -0.3 is 0 Å². The molecular weight excluding hydrogens is 168 g/mol. The summed E-state index contributed by atoms with van der Waals surface area (Å²) in [6.07, 6.45) is 5.93. The highest BCUT2D eigenvalue weighted by Gasteiger charge is 2.49. The summed E-state index contributed by atoms with van der Waals surface area (Å²) in [5.41, 5.74) is 0. The van der Waals surface area contributed by atoms with Crippen LogP contribution in [0.5, 0.6) is 0 Å². The maximum Gasteiger partial charge on any atom is -0.0326 e. The van der Waals surface area contributed by atoms with Crippen LogP contribution < -0.4 is 0 Å². The molecule has 2 rings (SSSR count). The summed E-state index contributed by atoms with van der Waals surface area (Å²) in [5.74, 6) is 6.24. The molecule has 0 spiro atoms. The second-order valence-electron chi connectivity index (χ2n) is 6.08. The predicted molar refractivity (Wildman–Crippen MR) is 62.1 cm³/mol. The van der Waals surface area contributed by atoms with Crippen molar-refractivity contribution in [3.05, 3.63) is 0 Å². The fraction of sp³-hybridized carbons (Fsp3) is 1.00. The lowest BCUT2D eigenvalue weighted by Crippen LogP contribution is -2.17. The van der Waals surface area contributed by atoms with Crippen molar-refractivity contribution in [1.82, 2.24) is 0 Å². The van der Waals surface area contributed by atoms with Crippen molar-refractivity contribution in [3.8, 4) is 0 Å². The quantitative estimate of drug-likeness (QED) is 0.613. The van der Waals surface area contributed by atoms with Crippen LogP contribution in [0.1, 0.15) is 53.4 Å². The molecule has 0 radical (unpaired) electrons. The van der Waals surface area contributed by atoms with E-state index in [4.69, 9.17) is 0 Å². The predicted octanol–water partition coefficient (Wildman–Crippen LogP) is 4.35. The van der Waals surface area contributed by atoms with Gasteiger partial charge in [-0.15, -0.1) is 0 Å². The molecule has 0 aromatic rings. The average Bonchev–Trinajstić information content (AvgIpc) is 2.57. The van der Waals surface area contributed by atoms with Gasteiger partial charge in [0.15, 0.2) is 0 Å². The Morgan fingerprint density at radius 1 is 1.00 bits per heavy atom. The lowest BCUT2D eigenvalue weighted by molar-refractivity contribution is 0.248. The van der Waals surface area contributed by atoms with Gasteiger partial charge in [0.25, 0.3) is 0 Å². The van der Waals surface area contributed by atoms with E-state index in [-0.39, 0.29) is 0 Å². The van der Waals surface area contributed by atoms with E-state index in [0.29, 0.717) is 0 Å². The molecule has 0 nitrogen and oxygen atoms in total. The third-order valence-corrected chi connectivity index (χ3v) is 5.25. The zero-order valence-corrected chi connectivity index (χ0v) is 10.3. The van der Waals surface area contributed by atoms with Crippen LogP contribution in [0, 0.1) is 35.5 Å². The minimum atomic E-state index is 0.993. The van der Waals surface area contributed by atoms with E-state index in [0.717, 1.165) is 35.5 Å². The molecular formula is C14H26. The number of fused-ring (bicyclic) bond motifs is 1. The smallest absolute Gasteiger partial charge is 0.0326 e. The normalized spacial score (nSPS) is 52.3. The van der Waals surface area contributed by atoms with Crippen LogP contribution in [0.15, 0.2) is 0 Å². The van der Waals surface area contributed by atoms with Crippen molar-refractivity contribution in [2.45, 2.75) is 53.4 Å². The van der Waals surface area contributed by atoms with Crippen LogP contribution in [-0.2, 0) is 0 Å². The van der Waals surface area contributed by atoms with Crippen LogP contribution in [-0.4, -0.2) is 0 Å². The van der Waals surface area contributed by atoms with Crippen molar-refractivity contribution in [3.63, 3.8) is 0 Å². The summed E-state index contributed by atoms with van der Waals surface area (Å²) in [4.78, 5) is 0. The molecule has 0 saturated heterocycles. The van der Waals surface area contributed by atoms with Gasteiger partial charge in [0.1, 0.15) is 0 Å². The van der Waals surface area contributed by atoms with Crippen LogP contribution in [0.25, 0.3) is 0 Å². The first kappa shape index (κ1) is 10.5. The van der Waals surface area contributed by atoms with Crippen LogP contribution in [0.2, 0.25) is 0 Å². The molecule has 2 aliphatic rings. The molecule has 0 heterocycles. The molecule has 2 saturated carbocycles. The Balaban J connectivity index is 2.10. The van der Waals surface area contributed by atoms with Crippen molar-refractivity contribution in [1.29, 1.82) is 0 Å². The first-order chi connectivity index (χ1) is 6.65. The molecule has 0 aliphatic heterocycles. The summed E-state index contributed by atoms with van der Waals surface area (Å²) in [7, 11) is 0. The Labute approximate surface area is 89.5 Å². The second-order valence-corrected chi connectivity index (χ2v) is 6.08. The van der Waals surface area contributed by atoms with Gasteiger partial charge in [-0.1, -0.05) is 40.5 Å². The van der Waals surface area contributed by atoms with Crippen LogP contribution in [0.3, 0.4) is 0 Å². The van der Waals surface area contributed by atoms with Gasteiger partial charge in [-0.25, -0.2) is 0 Å². The average molecular weight is 194 g/mol. The van der Waals surface area contributed by atoms with Crippen molar-refractivity contribution < 1.29 is 0 Å². The third kappa shape index (κ3) is 1.51. The maximum atomic E-state index is 2.51. The lowest BCUT2D eigenvalue weighted by Gasteiger charge is -2.24. The molecule has 6 atom stereocenters. The zero-order chi connectivity index (χ0) is 10.3. The van der Waals surface area contributed by atoms with E-state index in [1.807, 2.05) is 0 Å². The zero-order valence-electron chi connectivity index (χ0n) is 10.3. The van der Waals surface area contributed by atoms with Crippen LogP contribution >= 0.6 is 0 Å². The van der Waals surface area contributed by atoms with E-state index in [2.05, 4.69) is 27.7 Å². The van der Waals surface area contributed by atoms with Gasteiger partial charge in [-0.3, -0.25) is 0 Å². The largest absolute Gasteiger partial charge is 0.0654 e. The van der Waals surface area contributed by atoms with E-state index >= 15 is 0 Å². The fourth-order valence-electron chi connectivity index (χ4n) is 4.45. The van der Waals surface area contributed by atoms with Gasteiger partial charge >= 0.3 is 0 Å². The fourth-order valence-corrected chi connectivity index (χ4v) is 4.45. The molecule has 0 heteroatoms. The number of hydrogen-bond acceptors (Lipinski definition) is 0. The van der Waals surface area contributed by atoms with Crippen molar-refractivity contribution >= 4 is 0 Å². The molecule has 2 fully saturated rings. The minimum absolute atomic E-state index is 0.993. The molecule has 0 aromatic carbocycles. The van der Waals surface area contributed by atoms with Gasteiger partial charge in [-0.2, -0.15) is 0 Å².